The Balaban J connectivity index is 2.01. The summed E-state index contributed by atoms with van der Waals surface area (Å²) in [6.45, 7) is 7.57. The minimum absolute atomic E-state index is 0.215. The molecular formula is C19H29BrO. The molecule has 1 saturated carbocycles. The van der Waals surface area contributed by atoms with Crippen LogP contribution in [0.15, 0.2) is 24.3 Å². The van der Waals surface area contributed by atoms with Crippen LogP contribution in [-0.4, -0.2) is 11.9 Å². The average molecular weight is 353 g/mol. The second-order valence-electron chi connectivity index (χ2n) is 6.96. The summed E-state index contributed by atoms with van der Waals surface area (Å²) < 4.78 is 6.36. The highest BCUT2D eigenvalue weighted by Crippen LogP contribution is 2.32. The molecule has 1 fully saturated rings. The summed E-state index contributed by atoms with van der Waals surface area (Å²) in [6, 6.07) is 8.95. The zero-order valence-corrected chi connectivity index (χ0v) is 15.3. The fraction of sp³-hybridized carbons (Fsp3) is 0.684. The third-order valence-corrected chi connectivity index (χ3v) is 5.88. The average Bonchev–Trinajstić information content (AvgIpc) is 2.53. The summed E-state index contributed by atoms with van der Waals surface area (Å²) in [5, 5.41) is 0.841. The van der Waals surface area contributed by atoms with Gasteiger partial charge in [-0.3, -0.25) is 0 Å². The van der Waals surface area contributed by atoms with E-state index in [4.69, 9.17) is 4.74 Å². The lowest BCUT2D eigenvalue weighted by Gasteiger charge is -2.32. The van der Waals surface area contributed by atoms with Crippen molar-refractivity contribution in [1.82, 2.24) is 0 Å². The van der Waals surface area contributed by atoms with E-state index < -0.39 is 0 Å². The molecule has 0 spiro atoms. The molecular weight excluding hydrogens is 324 g/mol. The van der Waals surface area contributed by atoms with Gasteiger partial charge in [0.15, 0.2) is 0 Å². The molecule has 1 aliphatic rings. The van der Waals surface area contributed by atoms with Gasteiger partial charge in [0.25, 0.3) is 0 Å². The quantitative estimate of drug-likeness (QED) is 0.569. The Morgan fingerprint density at radius 2 is 1.76 bits per heavy atom. The van der Waals surface area contributed by atoms with Crippen LogP contribution in [0.5, 0.6) is 0 Å². The zero-order valence-electron chi connectivity index (χ0n) is 13.7. The van der Waals surface area contributed by atoms with E-state index in [1.807, 2.05) is 0 Å². The summed E-state index contributed by atoms with van der Waals surface area (Å²) in [6.07, 6.45) is 6.84. The van der Waals surface area contributed by atoms with Gasteiger partial charge in [-0.25, -0.2) is 0 Å². The maximum absolute atomic E-state index is 6.36. The van der Waals surface area contributed by atoms with Gasteiger partial charge in [0.05, 0.1) is 12.2 Å². The fourth-order valence-electron chi connectivity index (χ4n) is 3.08. The van der Waals surface area contributed by atoms with Gasteiger partial charge < -0.3 is 4.74 Å². The first-order chi connectivity index (χ1) is 10.0. The molecule has 2 heteroatoms. The Labute approximate surface area is 138 Å². The van der Waals surface area contributed by atoms with Crippen LogP contribution in [0.2, 0.25) is 0 Å². The predicted molar refractivity (Wildman–Crippen MR) is 94.2 cm³/mol. The normalized spacial score (nSPS) is 19.7. The molecule has 1 aromatic carbocycles. The van der Waals surface area contributed by atoms with Crippen molar-refractivity contribution in [3.05, 3.63) is 35.4 Å². The van der Waals surface area contributed by atoms with Gasteiger partial charge in [0.2, 0.25) is 0 Å². The number of rotatable bonds is 6. The first-order valence-corrected chi connectivity index (χ1v) is 9.47. The van der Waals surface area contributed by atoms with E-state index in [-0.39, 0.29) is 5.60 Å². The van der Waals surface area contributed by atoms with Gasteiger partial charge in [-0.2, -0.15) is 0 Å². The molecule has 0 saturated heterocycles. The van der Waals surface area contributed by atoms with Gasteiger partial charge in [0, 0.05) is 5.33 Å². The van der Waals surface area contributed by atoms with Crippen molar-refractivity contribution < 1.29 is 4.74 Å². The number of ether oxygens (including phenoxy) is 1. The standard InChI is InChI=1S/C19H29BrO/c1-15(2)17-9-11-18(12-10-17)19(3,14-20)21-13-16-7-5-4-6-8-16/h9-12,15-16H,4-8,13-14H2,1-3H3. The van der Waals surface area contributed by atoms with Gasteiger partial charge in [-0.1, -0.05) is 73.3 Å². The van der Waals surface area contributed by atoms with E-state index in [0.29, 0.717) is 5.92 Å². The summed E-state index contributed by atoms with van der Waals surface area (Å²) in [4.78, 5) is 0. The monoisotopic (exact) mass is 352 g/mol. The molecule has 0 N–H and O–H groups in total. The highest BCUT2D eigenvalue weighted by molar-refractivity contribution is 9.09. The van der Waals surface area contributed by atoms with Crippen molar-refractivity contribution >= 4 is 15.9 Å². The Bertz CT molecular complexity index is 420. The van der Waals surface area contributed by atoms with Crippen molar-refractivity contribution in [2.24, 2.45) is 5.92 Å². The lowest BCUT2D eigenvalue weighted by Crippen LogP contribution is -2.30. The predicted octanol–water partition coefficient (Wildman–Crippen LogP) is 6.02. The van der Waals surface area contributed by atoms with E-state index >= 15 is 0 Å². The Kier molecular flexibility index (Phi) is 6.31. The molecule has 1 atom stereocenters. The fourth-order valence-corrected chi connectivity index (χ4v) is 3.56. The smallest absolute Gasteiger partial charge is 0.0999 e. The van der Waals surface area contributed by atoms with E-state index in [9.17, 15) is 0 Å². The van der Waals surface area contributed by atoms with Crippen LogP contribution in [0.4, 0.5) is 0 Å². The van der Waals surface area contributed by atoms with Crippen LogP contribution >= 0.6 is 15.9 Å². The van der Waals surface area contributed by atoms with Crippen LogP contribution in [0.1, 0.15) is 69.9 Å². The third-order valence-electron chi connectivity index (χ3n) is 4.81. The molecule has 21 heavy (non-hydrogen) atoms. The van der Waals surface area contributed by atoms with E-state index in [1.165, 1.54) is 43.2 Å². The SMILES string of the molecule is CC(C)c1ccc(C(C)(CBr)OCC2CCCCC2)cc1. The topological polar surface area (TPSA) is 9.23 Å². The molecule has 0 bridgehead atoms. The minimum atomic E-state index is -0.215. The molecule has 0 heterocycles. The van der Waals surface area contributed by atoms with Crippen LogP contribution < -0.4 is 0 Å². The lowest BCUT2D eigenvalue weighted by atomic mass is 9.89. The minimum Gasteiger partial charge on any atom is -0.369 e. The van der Waals surface area contributed by atoms with E-state index in [2.05, 4.69) is 61.0 Å². The van der Waals surface area contributed by atoms with Crippen molar-refractivity contribution in [1.29, 1.82) is 0 Å². The highest BCUT2D eigenvalue weighted by Gasteiger charge is 2.28. The molecule has 1 nitrogen and oxygen atoms in total. The summed E-state index contributed by atoms with van der Waals surface area (Å²) in [5.41, 5.74) is 2.45. The number of benzene rings is 1. The molecule has 2 rings (SSSR count). The zero-order chi connectivity index (χ0) is 15.3. The largest absolute Gasteiger partial charge is 0.369 e. The lowest BCUT2D eigenvalue weighted by molar-refractivity contribution is -0.0404. The molecule has 0 amide bonds. The molecule has 0 radical (unpaired) electrons. The number of hydrogen-bond donors (Lipinski definition) is 0. The molecule has 1 unspecified atom stereocenters. The van der Waals surface area contributed by atoms with E-state index in [1.54, 1.807) is 0 Å². The van der Waals surface area contributed by atoms with Crippen molar-refractivity contribution in [3.8, 4) is 0 Å². The van der Waals surface area contributed by atoms with Gasteiger partial charge >= 0.3 is 0 Å². The maximum Gasteiger partial charge on any atom is 0.0999 e. The van der Waals surface area contributed by atoms with Gasteiger partial charge in [-0.05, 0) is 42.7 Å². The summed E-state index contributed by atoms with van der Waals surface area (Å²) in [7, 11) is 0. The molecule has 0 aromatic heterocycles. The van der Waals surface area contributed by atoms with Gasteiger partial charge in [0.1, 0.15) is 0 Å². The first kappa shape index (κ1) is 17.0. The Hall–Kier alpha value is -0.340. The maximum atomic E-state index is 6.36. The van der Waals surface area contributed by atoms with E-state index in [0.717, 1.165) is 17.9 Å². The number of alkyl halides is 1. The van der Waals surface area contributed by atoms with Crippen LogP contribution in [-0.2, 0) is 10.3 Å². The van der Waals surface area contributed by atoms with Crippen LogP contribution in [0.25, 0.3) is 0 Å². The molecule has 118 valence electrons. The Morgan fingerprint density at radius 1 is 1.14 bits per heavy atom. The second kappa shape index (κ2) is 7.78. The Morgan fingerprint density at radius 3 is 2.29 bits per heavy atom. The summed E-state index contributed by atoms with van der Waals surface area (Å²) in [5.74, 6) is 1.34. The number of halogens is 1. The van der Waals surface area contributed by atoms with Crippen molar-refractivity contribution in [2.45, 2.75) is 64.4 Å². The third kappa shape index (κ3) is 4.56. The molecule has 1 aliphatic carbocycles. The first-order valence-electron chi connectivity index (χ1n) is 8.35. The second-order valence-corrected chi connectivity index (χ2v) is 7.52. The molecule has 0 aliphatic heterocycles. The number of hydrogen-bond acceptors (Lipinski definition) is 1. The van der Waals surface area contributed by atoms with Crippen LogP contribution in [0, 0.1) is 5.92 Å². The molecule has 1 aromatic rings. The van der Waals surface area contributed by atoms with Crippen molar-refractivity contribution in [3.63, 3.8) is 0 Å². The summed E-state index contributed by atoms with van der Waals surface area (Å²) >= 11 is 3.66. The van der Waals surface area contributed by atoms with Crippen molar-refractivity contribution in [2.75, 3.05) is 11.9 Å². The van der Waals surface area contributed by atoms with Crippen LogP contribution in [0.3, 0.4) is 0 Å². The van der Waals surface area contributed by atoms with Gasteiger partial charge in [-0.15, -0.1) is 0 Å². The highest BCUT2D eigenvalue weighted by atomic mass is 79.9.